The van der Waals surface area contributed by atoms with Crippen molar-refractivity contribution in [2.45, 2.75) is 96.8 Å². The van der Waals surface area contributed by atoms with Crippen LogP contribution < -0.4 is 4.74 Å². The summed E-state index contributed by atoms with van der Waals surface area (Å²) in [6, 6.07) is 9.40. The van der Waals surface area contributed by atoms with Crippen LogP contribution in [0.5, 0.6) is 5.75 Å². The number of aromatic nitrogens is 1. The first-order chi connectivity index (χ1) is 19.6. The molecule has 1 aliphatic rings. The van der Waals surface area contributed by atoms with Gasteiger partial charge in [0.1, 0.15) is 23.1 Å². The van der Waals surface area contributed by atoms with E-state index >= 15 is 8.78 Å². The first kappa shape index (κ1) is 30.9. The molecular formula is C33H43F3N2O3. The number of fused-ring (bicyclic) bond motifs is 3. The molecule has 224 valence electrons. The Morgan fingerprint density at radius 2 is 1.71 bits per heavy atom. The molecule has 1 aliphatic heterocycles. The number of benzene rings is 2. The van der Waals surface area contributed by atoms with E-state index in [4.69, 9.17) is 9.47 Å². The summed E-state index contributed by atoms with van der Waals surface area (Å²) in [6.07, 6.45) is 6.60. The molecule has 2 heterocycles. The van der Waals surface area contributed by atoms with Gasteiger partial charge in [0, 0.05) is 53.3 Å². The first-order valence-corrected chi connectivity index (χ1v) is 14.9. The molecule has 3 aromatic rings. The molecular weight excluding hydrogens is 529 g/mol. The van der Waals surface area contributed by atoms with Crippen molar-refractivity contribution in [3.63, 3.8) is 0 Å². The van der Waals surface area contributed by atoms with Crippen molar-refractivity contribution >= 4 is 16.9 Å². The number of alkyl halides is 1. The standard InChI is InChI=1S/C33H43F3N2O3/c1-5-40-29(39)16-10-8-6-7-9-13-17-41-23-19-26(34)30(27(35)20-23)32-31-25(24-14-11-12-15-28(24)37-31)18-22(2)38(32)21-33(3,4)36/h11-12,14-15,19-20,22,32,37H,5-10,13,16-18,21H2,1-4H3/t22-,32-/m1/s1. The average molecular weight is 573 g/mol. The van der Waals surface area contributed by atoms with Crippen LogP contribution in [0, 0.1) is 11.6 Å². The summed E-state index contributed by atoms with van der Waals surface area (Å²) in [5.74, 6) is -1.40. The van der Waals surface area contributed by atoms with E-state index in [9.17, 15) is 9.18 Å². The molecule has 0 bridgehead atoms. The summed E-state index contributed by atoms with van der Waals surface area (Å²) in [5, 5.41) is 1.03. The second-order valence-corrected chi connectivity index (χ2v) is 11.7. The molecule has 0 saturated heterocycles. The number of aromatic amines is 1. The number of halogens is 3. The van der Waals surface area contributed by atoms with Gasteiger partial charge in [-0.15, -0.1) is 0 Å². The van der Waals surface area contributed by atoms with Crippen molar-refractivity contribution in [3.05, 3.63) is 64.9 Å². The Hall–Kier alpha value is -3.00. The number of rotatable bonds is 14. The third-order valence-electron chi connectivity index (χ3n) is 7.75. The largest absolute Gasteiger partial charge is 0.493 e. The minimum absolute atomic E-state index is 0.0353. The SMILES string of the molecule is CCOC(=O)CCCCCCCCOc1cc(F)c([C@@H]2c3[nH]c4ccccc4c3C[C@@H](C)N2CC(C)(C)F)c(F)c1. The summed E-state index contributed by atoms with van der Waals surface area (Å²) in [5.41, 5.74) is 0.986. The lowest BCUT2D eigenvalue weighted by molar-refractivity contribution is -0.143. The van der Waals surface area contributed by atoms with Gasteiger partial charge in [-0.05, 0) is 58.6 Å². The Labute approximate surface area is 241 Å². The van der Waals surface area contributed by atoms with E-state index in [2.05, 4.69) is 4.98 Å². The van der Waals surface area contributed by atoms with Crippen LogP contribution in [-0.4, -0.2) is 47.3 Å². The second kappa shape index (κ2) is 13.8. The highest BCUT2D eigenvalue weighted by Gasteiger charge is 2.41. The molecule has 5 nitrogen and oxygen atoms in total. The van der Waals surface area contributed by atoms with Crippen molar-refractivity contribution < 1.29 is 27.4 Å². The van der Waals surface area contributed by atoms with Crippen LogP contribution in [0.1, 0.15) is 95.5 Å². The number of hydrogen-bond donors (Lipinski definition) is 1. The predicted octanol–water partition coefficient (Wildman–Crippen LogP) is 8.20. The van der Waals surface area contributed by atoms with E-state index < -0.39 is 23.3 Å². The maximum absolute atomic E-state index is 15.7. The fourth-order valence-corrected chi connectivity index (χ4v) is 5.91. The van der Waals surface area contributed by atoms with Gasteiger partial charge in [0.15, 0.2) is 0 Å². The summed E-state index contributed by atoms with van der Waals surface area (Å²) >= 11 is 0. The van der Waals surface area contributed by atoms with E-state index in [0.29, 0.717) is 31.7 Å². The Bertz CT molecular complexity index is 1290. The maximum atomic E-state index is 15.7. The molecule has 0 amide bonds. The highest BCUT2D eigenvalue weighted by Crippen LogP contribution is 2.43. The molecule has 0 unspecified atom stereocenters. The topological polar surface area (TPSA) is 54.6 Å². The van der Waals surface area contributed by atoms with Crippen LogP contribution in [0.25, 0.3) is 10.9 Å². The molecule has 2 atom stereocenters. The fourth-order valence-electron chi connectivity index (χ4n) is 5.91. The van der Waals surface area contributed by atoms with Gasteiger partial charge >= 0.3 is 5.97 Å². The number of para-hydroxylation sites is 1. The predicted molar refractivity (Wildman–Crippen MR) is 156 cm³/mol. The van der Waals surface area contributed by atoms with Gasteiger partial charge in [-0.25, -0.2) is 13.2 Å². The lowest BCUT2D eigenvalue weighted by atomic mass is 9.87. The molecule has 0 radical (unpaired) electrons. The Morgan fingerprint density at radius 1 is 1.05 bits per heavy atom. The van der Waals surface area contributed by atoms with Crippen molar-refractivity contribution in [1.29, 1.82) is 0 Å². The van der Waals surface area contributed by atoms with Crippen molar-refractivity contribution in [2.75, 3.05) is 19.8 Å². The zero-order valence-electron chi connectivity index (χ0n) is 24.7. The molecule has 41 heavy (non-hydrogen) atoms. The van der Waals surface area contributed by atoms with E-state index in [-0.39, 0.29) is 29.9 Å². The number of ether oxygens (including phenoxy) is 2. The van der Waals surface area contributed by atoms with Gasteiger partial charge in [0.2, 0.25) is 0 Å². The quantitative estimate of drug-likeness (QED) is 0.156. The number of carbonyl (C=O) groups excluding carboxylic acids is 1. The number of hydrogen-bond acceptors (Lipinski definition) is 4. The van der Waals surface area contributed by atoms with E-state index in [1.165, 1.54) is 26.0 Å². The van der Waals surface area contributed by atoms with Gasteiger partial charge in [0.25, 0.3) is 0 Å². The van der Waals surface area contributed by atoms with E-state index in [1.807, 2.05) is 36.1 Å². The zero-order valence-corrected chi connectivity index (χ0v) is 24.7. The summed E-state index contributed by atoms with van der Waals surface area (Å²) in [4.78, 5) is 16.6. The molecule has 0 saturated carbocycles. The first-order valence-electron chi connectivity index (χ1n) is 14.9. The maximum Gasteiger partial charge on any atom is 0.305 e. The molecule has 0 spiro atoms. The molecule has 2 aromatic carbocycles. The number of unbranched alkanes of at least 4 members (excludes halogenated alkanes) is 5. The van der Waals surface area contributed by atoms with Crippen LogP contribution in [0.3, 0.4) is 0 Å². The molecule has 0 aliphatic carbocycles. The minimum atomic E-state index is -1.55. The molecule has 4 rings (SSSR count). The van der Waals surface area contributed by atoms with Crippen molar-refractivity contribution in [3.8, 4) is 5.75 Å². The summed E-state index contributed by atoms with van der Waals surface area (Å²) in [6.45, 7) is 7.57. The van der Waals surface area contributed by atoms with Gasteiger partial charge in [-0.1, -0.05) is 43.9 Å². The van der Waals surface area contributed by atoms with E-state index in [1.54, 1.807) is 6.92 Å². The van der Waals surface area contributed by atoms with Crippen molar-refractivity contribution in [2.24, 2.45) is 0 Å². The number of carbonyl (C=O) groups is 1. The Balaban J connectivity index is 1.43. The number of H-pyrrole nitrogens is 1. The third kappa shape index (κ3) is 7.85. The van der Waals surface area contributed by atoms with Crippen molar-refractivity contribution in [1.82, 2.24) is 9.88 Å². The Kier molecular flexibility index (Phi) is 10.4. The van der Waals surface area contributed by atoms with Gasteiger partial charge in [-0.2, -0.15) is 0 Å². The number of esters is 1. The Morgan fingerprint density at radius 3 is 2.39 bits per heavy atom. The monoisotopic (exact) mass is 572 g/mol. The van der Waals surface area contributed by atoms with Crippen LogP contribution in [-0.2, 0) is 16.0 Å². The lowest BCUT2D eigenvalue weighted by Gasteiger charge is -2.43. The van der Waals surface area contributed by atoms with Gasteiger partial charge in [0.05, 0.1) is 19.3 Å². The molecule has 1 aromatic heterocycles. The van der Waals surface area contributed by atoms with Crippen LogP contribution in [0.4, 0.5) is 13.2 Å². The highest BCUT2D eigenvalue weighted by molar-refractivity contribution is 5.85. The zero-order chi connectivity index (χ0) is 29.6. The summed E-state index contributed by atoms with van der Waals surface area (Å²) in [7, 11) is 0. The summed E-state index contributed by atoms with van der Waals surface area (Å²) < 4.78 is 57.1. The van der Waals surface area contributed by atoms with Gasteiger partial charge < -0.3 is 14.5 Å². The second-order valence-electron chi connectivity index (χ2n) is 11.7. The average Bonchev–Trinajstić information content (AvgIpc) is 3.26. The third-order valence-corrected chi connectivity index (χ3v) is 7.75. The number of nitrogens with zero attached hydrogens (tertiary/aromatic N) is 1. The normalized spacial score (nSPS) is 17.5. The highest BCUT2D eigenvalue weighted by atomic mass is 19.1. The van der Waals surface area contributed by atoms with E-state index in [0.717, 1.165) is 55.0 Å². The minimum Gasteiger partial charge on any atom is -0.493 e. The van der Waals surface area contributed by atoms with Gasteiger partial charge in [-0.3, -0.25) is 9.69 Å². The lowest BCUT2D eigenvalue weighted by Crippen LogP contribution is -2.48. The van der Waals surface area contributed by atoms with Crippen LogP contribution in [0.15, 0.2) is 36.4 Å². The smallest absolute Gasteiger partial charge is 0.305 e. The molecule has 0 fully saturated rings. The van der Waals surface area contributed by atoms with Crippen LogP contribution in [0.2, 0.25) is 0 Å². The molecule has 1 N–H and O–H groups in total. The molecule has 8 heteroatoms. The number of nitrogens with one attached hydrogen (secondary N) is 1. The fraction of sp³-hybridized carbons (Fsp3) is 0.545. The van der Waals surface area contributed by atoms with Crippen LogP contribution >= 0.6 is 0 Å².